The van der Waals surface area contributed by atoms with Crippen molar-refractivity contribution in [3.05, 3.63) is 58.7 Å². The zero-order valence-electron chi connectivity index (χ0n) is 12.9. The summed E-state index contributed by atoms with van der Waals surface area (Å²) < 4.78 is 0. The number of amidine groups is 1. The van der Waals surface area contributed by atoms with Gasteiger partial charge in [-0.3, -0.25) is 0 Å². The van der Waals surface area contributed by atoms with Crippen LogP contribution in [0, 0.1) is 20.8 Å². The molecule has 4 heteroatoms. The van der Waals surface area contributed by atoms with Crippen molar-refractivity contribution in [2.24, 2.45) is 10.9 Å². The van der Waals surface area contributed by atoms with Crippen LogP contribution < -0.4 is 10.6 Å². The zero-order valence-corrected chi connectivity index (χ0v) is 12.9. The van der Waals surface area contributed by atoms with Gasteiger partial charge >= 0.3 is 0 Å². The Kier molecular flexibility index (Phi) is 4.17. The van der Waals surface area contributed by atoms with Crippen LogP contribution in [0.3, 0.4) is 0 Å². The van der Waals surface area contributed by atoms with E-state index in [0.717, 1.165) is 22.5 Å². The van der Waals surface area contributed by atoms with E-state index >= 15 is 0 Å². The van der Waals surface area contributed by atoms with Gasteiger partial charge in [-0.25, -0.2) is 0 Å². The molecule has 0 aliphatic carbocycles. The number of nitrogens with zero attached hydrogens (tertiary/aromatic N) is 2. The fourth-order valence-electron chi connectivity index (χ4n) is 2.51. The predicted octanol–water partition coefficient (Wildman–Crippen LogP) is 3.47. The van der Waals surface area contributed by atoms with Crippen molar-refractivity contribution in [2.45, 2.75) is 20.8 Å². The van der Waals surface area contributed by atoms with Crippen molar-refractivity contribution < 1.29 is 5.21 Å². The minimum atomic E-state index is 0.116. The standard InChI is InChI=1S/C17H21N3O/c1-11-5-7-15(13(3)9-11)20(4)16-8-6-12(2)10-14(16)17(18)19-21/h5-10,21H,1-4H3,(H2,18,19). The summed E-state index contributed by atoms with van der Waals surface area (Å²) in [7, 11) is 1.98. The topological polar surface area (TPSA) is 61.8 Å². The van der Waals surface area contributed by atoms with Crippen LogP contribution in [0.25, 0.3) is 0 Å². The van der Waals surface area contributed by atoms with Gasteiger partial charge < -0.3 is 15.8 Å². The van der Waals surface area contributed by atoms with E-state index in [2.05, 4.69) is 42.1 Å². The van der Waals surface area contributed by atoms with E-state index in [1.54, 1.807) is 0 Å². The first kappa shape index (κ1) is 14.9. The highest BCUT2D eigenvalue weighted by Gasteiger charge is 2.14. The average Bonchev–Trinajstić information content (AvgIpc) is 2.45. The third kappa shape index (κ3) is 2.99. The number of hydrogen-bond donors (Lipinski definition) is 2. The first-order valence-electron chi connectivity index (χ1n) is 6.83. The first-order chi connectivity index (χ1) is 9.93. The fourth-order valence-corrected chi connectivity index (χ4v) is 2.51. The Morgan fingerprint density at radius 2 is 1.57 bits per heavy atom. The molecule has 0 saturated carbocycles. The van der Waals surface area contributed by atoms with E-state index in [4.69, 9.17) is 10.9 Å². The molecule has 0 fully saturated rings. The lowest BCUT2D eigenvalue weighted by Gasteiger charge is -2.24. The number of rotatable bonds is 3. The van der Waals surface area contributed by atoms with Gasteiger partial charge in [-0.2, -0.15) is 0 Å². The molecule has 110 valence electrons. The highest BCUT2D eigenvalue weighted by atomic mass is 16.4. The minimum Gasteiger partial charge on any atom is -0.409 e. The zero-order chi connectivity index (χ0) is 15.6. The smallest absolute Gasteiger partial charge is 0.172 e. The van der Waals surface area contributed by atoms with Crippen LogP contribution in [0.4, 0.5) is 11.4 Å². The van der Waals surface area contributed by atoms with E-state index in [1.807, 2.05) is 32.2 Å². The van der Waals surface area contributed by atoms with Gasteiger partial charge in [0.25, 0.3) is 0 Å². The predicted molar refractivity (Wildman–Crippen MR) is 87.7 cm³/mol. The minimum absolute atomic E-state index is 0.116. The number of hydrogen-bond acceptors (Lipinski definition) is 3. The number of oxime groups is 1. The Hall–Kier alpha value is -2.49. The van der Waals surface area contributed by atoms with Crippen LogP contribution >= 0.6 is 0 Å². The normalized spacial score (nSPS) is 11.5. The summed E-state index contributed by atoms with van der Waals surface area (Å²) in [6.07, 6.45) is 0. The van der Waals surface area contributed by atoms with Crippen molar-refractivity contribution in [3.8, 4) is 0 Å². The number of anilines is 2. The lowest BCUT2D eigenvalue weighted by Crippen LogP contribution is -2.20. The maximum Gasteiger partial charge on any atom is 0.172 e. The second-order valence-corrected chi connectivity index (χ2v) is 5.35. The maximum atomic E-state index is 8.99. The quantitative estimate of drug-likeness (QED) is 0.392. The van der Waals surface area contributed by atoms with Gasteiger partial charge in [-0.1, -0.05) is 34.5 Å². The molecule has 0 atom stereocenters. The van der Waals surface area contributed by atoms with Crippen LogP contribution in [0.15, 0.2) is 41.6 Å². The molecule has 0 radical (unpaired) electrons. The lowest BCUT2D eigenvalue weighted by molar-refractivity contribution is 0.318. The van der Waals surface area contributed by atoms with Crippen molar-refractivity contribution in [3.63, 3.8) is 0 Å². The van der Waals surface area contributed by atoms with E-state index in [9.17, 15) is 0 Å². The summed E-state index contributed by atoms with van der Waals surface area (Å²) in [6.45, 7) is 6.13. The molecular formula is C17H21N3O. The summed E-state index contributed by atoms with van der Waals surface area (Å²) in [5, 5.41) is 12.1. The molecule has 0 aliphatic heterocycles. The van der Waals surface area contributed by atoms with Crippen LogP contribution in [0.5, 0.6) is 0 Å². The van der Waals surface area contributed by atoms with E-state index in [1.165, 1.54) is 11.1 Å². The Labute approximate surface area is 125 Å². The van der Waals surface area contributed by atoms with Crippen molar-refractivity contribution in [1.82, 2.24) is 0 Å². The summed E-state index contributed by atoms with van der Waals surface area (Å²) in [5.41, 5.74) is 12.0. The maximum absolute atomic E-state index is 8.99. The first-order valence-corrected chi connectivity index (χ1v) is 6.83. The lowest BCUT2D eigenvalue weighted by atomic mass is 10.1. The van der Waals surface area contributed by atoms with Gasteiger partial charge in [-0.15, -0.1) is 0 Å². The molecule has 0 aromatic heterocycles. The second-order valence-electron chi connectivity index (χ2n) is 5.35. The highest BCUT2D eigenvalue weighted by molar-refractivity contribution is 6.03. The summed E-state index contributed by atoms with van der Waals surface area (Å²) in [6, 6.07) is 12.2. The SMILES string of the molecule is Cc1ccc(N(C)c2ccc(C)cc2/C(N)=N/O)c(C)c1. The molecular weight excluding hydrogens is 262 g/mol. The highest BCUT2D eigenvalue weighted by Crippen LogP contribution is 2.30. The molecule has 2 aromatic rings. The van der Waals surface area contributed by atoms with E-state index < -0.39 is 0 Å². The van der Waals surface area contributed by atoms with Crippen molar-refractivity contribution >= 4 is 17.2 Å². The van der Waals surface area contributed by atoms with Crippen LogP contribution in [0.2, 0.25) is 0 Å². The fraction of sp³-hybridized carbons (Fsp3) is 0.235. The molecule has 21 heavy (non-hydrogen) atoms. The molecule has 0 heterocycles. The van der Waals surface area contributed by atoms with Gasteiger partial charge in [0.2, 0.25) is 0 Å². The van der Waals surface area contributed by atoms with Gasteiger partial charge in [0.1, 0.15) is 0 Å². The molecule has 2 aromatic carbocycles. The van der Waals surface area contributed by atoms with Crippen LogP contribution in [-0.4, -0.2) is 18.1 Å². The van der Waals surface area contributed by atoms with Crippen molar-refractivity contribution in [1.29, 1.82) is 0 Å². The molecule has 2 rings (SSSR count). The molecule has 4 nitrogen and oxygen atoms in total. The second kappa shape index (κ2) is 5.87. The number of benzene rings is 2. The Morgan fingerprint density at radius 1 is 1.00 bits per heavy atom. The van der Waals surface area contributed by atoms with Crippen molar-refractivity contribution in [2.75, 3.05) is 11.9 Å². The molecule has 0 unspecified atom stereocenters. The molecule has 0 amide bonds. The third-order valence-corrected chi connectivity index (χ3v) is 3.61. The Balaban J connectivity index is 2.55. The van der Waals surface area contributed by atoms with Gasteiger partial charge in [0.15, 0.2) is 5.84 Å². The van der Waals surface area contributed by atoms with E-state index in [-0.39, 0.29) is 5.84 Å². The molecule has 0 bridgehead atoms. The summed E-state index contributed by atoms with van der Waals surface area (Å²) >= 11 is 0. The van der Waals surface area contributed by atoms with Gasteiger partial charge in [0, 0.05) is 18.3 Å². The van der Waals surface area contributed by atoms with E-state index in [0.29, 0.717) is 0 Å². The molecule has 0 spiro atoms. The monoisotopic (exact) mass is 283 g/mol. The Morgan fingerprint density at radius 3 is 2.14 bits per heavy atom. The third-order valence-electron chi connectivity index (χ3n) is 3.61. The largest absolute Gasteiger partial charge is 0.409 e. The van der Waals surface area contributed by atoms with Crippen LogP contribution in [0.1, 0.15) is 22.3 Å². The summed E-state index contributed by atoms with van der Waals surface area (Å²) in [5.74, 6) is 0.116. The molecule has 0 aliphatic rings. The molecule has 0 saturated heterocycles. The van der Waals surface area contributed by atoms with Crippen LogP contribution in [-0.2, 0) is 0 Å². The van der Waals surface area contributed by atoms with Gasteiger partial charge in [0.05, 0.1) is 5.69 Å². The Bertz CT molecular complexity index is 692. The average molecular weight is 283 g/mol. The molecule has 3 N–H and O–H groups in total. The number of aryl methyl sites for hydroxylation is 3. The number of nitrogens with two attached hydrogens (primary N) is 1. The van der Waals surface area contributed by atoms with Gasteiger partial charge in [-0.05, 0) is 44.5 Å². The summed E-state index contributed by atoms with van der Waals surface area (Å²) in [4.78, 5) is 2.06.